The van der Waals surface area contributed by atoms with Gasteiger partial charge in [-0.25, -0.2) is 0 Å². The Kier molecular flexibility index (Phi) is 4.81. The minimum Gasteiger partial charge on any atom is -0.409 e. The average Bonchev–Trinajstić information content (AvgIpc) is 2.47. The summed E-state index contributed by atoms with van der Waals surface area (Å²) in [6.07, 6.45) is 0.803. The van der Waals surface area contributed by atoms with Gasteiger partial charge in [0.2, 0.25) is 5.91 Å². The molecule has 4 N–H and O–H groups in total. The number of amides is 1. The first-order valence-corrected chi connectivity index (χ1v) is 7.29. The maximum absolute atomic E-state index is 12.6. The number of rotatable bonds is 3. The van der Waals surface area contributed by atoms with E-state index in [-0.39, 0.29) is 11.7 Å². The molecule has 0 aromatic heterocycles. The summed E-state index contributed by atoms with van der Waals surface area (Å²) in [6.45, 7) is 0.825. The fourth-order valence-electron chi connectivity index (χ4n) is 2.23. The van der Waals surface area contributed by atoms with Crippen molar-refractivity contribution in [3.05, 3.63) is 27.8 Å². The van der Waals surface area contributed by atoms with Crippen molar-refractivity contribution >= 4 is 40.0 Å². The molecule has 2 rings (SSSR count). The van der Waals surface area contributed by atoms with Crippen molar-refractivity contribution in [3.8, 4) is 0 Å². The van der Waals surface area contributed by atoms with Gasteiger partial charge < -0.3 is 21.0 Å². The van der Waals surface area contributed by atoms with Crippen LogP contribution in [0, 0.1) is 8.99 Å². The highest BCUT2D eigenvalue weighted by Gasteiger charge is 2.44. The van der Waals surface area contributed by atoms with Crippen LogP contribution in [0.15, 0.2) is 29.4 Å². The van der Waals surface area contributed by atoms with Gasteiger partial charge in [0.15, 0.2) is 5.84 Å². The van der Waals surface area contributed by atoms with Crippen LogP contribution in [0.3, 0.4) is 0 Å². The monoisotopic (exact) mass is 389 g/mol. The van der Waals surface area contributed by atoms with Gasteiger partial charge in [-0.15, -0.1) is 0 Å². The number of carbonyl (C=O) groups is 1. The van der Waals surface area contributed by atoms with E-state index in [9.17, 15) is 4.79 Å². The van der Waals surface area contributed by atoms with Crippen LogP contribution in [0.1, 0.15) is 12.8 Å². The molecule has 0 atom stereocenters. The lowest BCUT2D eigenvalue weighted by Crippen LogP contribution is -2.50. The number of halogens is 1. The first kappa shape index (κ1) is 15.0. The highest BCUT2D eigenvalue weighted by molar-refractivity contribution is 14.1. The zero-order valence-electron chi connectivity index (χ0n) is 10.8. The summed E-state index contributed by atoms with van der Waals surface area (Å²) in [6, 6.07) is 7.46. The van der Waals surface area contributed by atoms with Gasteiger partial charge in [0, 0.05) is 22.5 Å². The molecule has 0 unspecified atom stereocenters. The smallest absolute Gasteiger partial charge is 0.238 e. The highest BCUT2D eigenvalue weighted by atomic mass is 127. The summed E-state index contributed by atoms with van der Waals surface area (Å²) in [4.78, 5) is 12.6. The minimum absolute atomic E-state index is 0.0658. The summed E-state index contributed by atoms with van der Waals surface area (Å²) in [5.41, 5.74) is 5.44. The van der Waals surface area contributed by atoms with Crippen LogP contribution in [-0.4, -0.2) is 30.2 Å². The van der Waals surface area contributed by atoms with Gasteiger partial charge >= 0.3 is 0 Å². The number of hydrogen-bond donors (Lipinski definition) is 3. The fraction of sp³-hybridized carbons (Fsp3) is 0.385. The van der Waals surface area contributed by atoms with E-state index >= 15 is 0 Å². The second-order valence-electron chi connectivity index (χ2n) is 4.64. The van der Waals surface area contributed by atoms with Crippen molar-refractivity contribution in [3.63, 3.8) is 0 Å². The number of benzene rings is 1. The largest absolute Gasteiger partial charge is 0.409 e. The fourth-order valence-corrected chi connectivity index (χ4v) is 2.78. The number of nitrogens with zero attached hydrogens (tertiary/aromatic N) is 1. The lowest BCUT2D eigenvalue weighted by molar-refractivity contribution is -0.126. The molecule has 0 saturated carbocycles. The third-order valence-corrected chi connectivity index (χ3v) is 4.13. The third kappa shape index (κ3) is 3.04. The van der Waals surface area contributed by atoms with E-state index in [1.165, 1.54) is 0 Å². The zero-order chi connectivity index (χ0) is 14.6. The lowest BCUT2D eigenvalue weighted by atomic mass is 9.78. The molecule has 1 aromatic carbocycles. The van der Waals surface area contributed by atoms with Crippen molar-refractivity contribution in [2.75, 3.05) is 18.5 Å². The molecule has 108 valence electrons. The number of oxime groups is 1. The quantitative estimate of drug-likeness (QED) is 0.241. The SMILES string of the molecule is NC(=NO)C1(C(=O)Nc2cccc(I)c2)CCOCC1. The van der Waals surface area contributed by atoms with Crippen LogP contribution >= 0.6 is 22.6 Å². The van der Waals surface area contributed by atoms with E-state index in [1.807, 2.05) is 18.2 Å². The van der Waals surface area contributed by atoms with Gasteiger partial charge in [-0.1, -0.05) is 11.2 Å². The molecule has 7 heteroatoms. The zero-order valence-corrected chi connectivity index (χ0v) is 13.0. The number of nitrogens with one attached hydrogen (secondary N) is 1. The average molecular weight is 389 g/mol. The predicted molar refractivity (Wildman–Crippen MR) is 83.7 cm³/mol. The predicted octanol–water partition coefficient (Wildman–Crippen LogP) is 1.77. The van der Waals surface area contributed by atoms with Gasteiger partial charge in [0.1, 0.15) is 5.41 Å². The Morgan fingerprint density at radius 2 is 2.15 bits per heavy atom. The normalized spacial score (nSPS) is 18.6. The Morgan fingerprint density at radius 1 is 1.45 bits per heavy atom. The number of carbonyl (C=O) groups excluding carboxylic acids is 1. The Balaban J connectivity index is 2.23. The van der Waals surface area contributed by atoms with Crippen LogP contribution < -0.4 is 11.1 Å². The molecule has 1 heterocycles. The Morgan fingerprint density at radius 3 is 2.75 bits per heavy atom. The van der Waals surface area contributed by atoms with Gasteiger partial charge in [-0.3, -0.25) is 4.79 Å². The van der Waals surface area contributed by atoms with Crippen molar-refractivity contribution in [1.29, 1.82) is 0 Å². The van der Waals surface area contributed by atoms with Crippen LogP contribution in [-0.2, 0) is 9.53 Å². The summed E-state index contributed by atoms with van der Waals surface area (Å²) in [7, 11) is 0. The van der Waals surface area contributed by atoms with Crippen molar-refractivity contribution in [1.82, 2.24) is 0 Å². The van der Waals surface area contributed by atoms with Gasteiger partial charge in [0.25, 0.3) is 0 Å². The molecular weight excluding hydrogens is 373 g/mol. The maximum Gasteiger partial charge on any atom is 0.238 e. The van der Waals surface area contributed by atoms with Crippen molar-refractivity contribution in [2.24, 2.45) is 16.3 Å². The second-order valence-corrected chi connectivity index (χ2v) is 5.89. The number of amidine groups is 1. The minimum atomic E-state index is -1.01. The molecule has 0 aliphatic carbocycles. The third-order valence-electron chi connectivity index (χ3n) is 3.46. The molecule has 0 spiro atoms. The van der Waals surface area contributed by atoms with Crippen LogP contribution in [0.5, 0.6) is 0 Å². The van der Waals surface area contributed by atoms with Gasteiger partial charge in [0.05, 0.1) is 0 Å². The summed E-state index contributed by atoms with van der Waals surface area (Å²) in [5.74, 6) is -0.331. The lowest BCUT2D eigenvalue weighted by Gasteiger charge is -2.34. The van der Waals surface area contributed by atoms with Crippen LogP contribution in [0.4, 0.5) is 5.69 Å². The molecule has 0 bridgehead atoms. The summed E-state index contributed by atoms with van der Waals surface area (Å²) in [5, 5.41) is 14.8. The van der Waals surface area contributed by atoms with E-state index in [2.05, 4.69) is 33.1 Å². The van der Waals surface area contributed by atoms with Gasteiger partial charge in [-0.05, 0) is 53.6 Å². The maximum atomic E-state index is 12.6. The van der Waals surface area contributed by atoms with Crippen molar-refractivity contribution in [2.45, 2.75) is 12.8 Å². The summed E-state index contributed by atoms with van der Waals surface area (Å²) >= 11 is 2.17. The van der Waals surface area contributed by atoms with E-state index in [0.717, 1.165) is 3.57 Å². The molecule has 6 nitrogen and oxygen atoms in total. The first-order valence-electron chi connectivity index (χ1n) is 6.21. The molecule has 20 heavy (non-hydrogen) atoms. The standard InChI is InChI=1S/C13H16IN3O3/c14-9-2-1-3-10(8-9)16-12(18)13(11(15)17-19)4-6-20-7-5-13/h1-3,8,19H,4-7H2,(H2,15,17)(H,16,18). The molecule has 1 aliphatic heterocycles. The Labute approximate surface area is 130 Å². The van der Waals surface area contributed by atoms with Crippen molar-refractivity contribution < 1.29 is 14.7 Å². The van der Waals surface area contributed by atoms with E-state index < -0.39 is 5.41 Å². The van der Waals surface area contributed by atoms with Crippen LogP contribution in [0.25, 0.3) is 0 Å². The Hall–Kier alpha value is -1.35. The highest BCUT2D eigenvalue weighted by Crippen LogP contribution is 2.32. The topological polar surface area (TPSA) is 96.9 Å². The van der Waals surface area contributed by atoms with Crippen LogP contribution in [0.2, 0.25) is 0 Å². The number of ether oxygens (including phenoxy) is 1. The molecule has 1 aromatic rings. The molecule has 1 aliphatic rings. The van der Waals surface area contributed by atoms with E-state index in [1.54, 1.807) is 6.07 Å². The molecule has 1 fully saturated rings. The van der Waals surface area contributed by atoms with Gasteiger partial charge in [-0.2, -0.15) is 0 Å². The molecular formula is C13H16IN3O3. The molecule has 0 radical (unpaired) electrons. The second kappa shape index (κ2) is 6.40. The molecule has 1 amide bonds. The number of nitrogens with two attached hydrogens (primary N) is 1. The van der Waals surface area contributed by atoms with E-state index in [4.69, 9.17) is 15.7 Å². The first-order chi connectivity index (χ1) is 9.58. The number of hydrogen-bond acceptors (Lipinski definition) is 4. The molecule has 1 saturated heterocycles. The Bertz CT molecular complexity index is 527. The summed E-state index contributed by atoms with van der Waals surface area (Å²) < 4.78 is 6.28. The number of anilines is 1. The van der Waals surface area contributed by atoms with E-state index in [0.29, 0.717) is 31.7 Å².